The van der Waals surface area contributed by atoms with Crippen LogP contribution >= 0.6 is 15.9 Å². The molecule has 1 N–H and O–H groups in total. The van der Waals surface area contributed by atoms with Crippen molar-refractivity contribution in [3.05, 3.63) is 69.7 Å². The van der Waals surface area contributed by atoms with E-state index in [1.165, 1.54) is 5.56 Å². The molecule has 0 heterocycles. The first-order valence-corrected chi connectivity index (χ1v) is 9.51. The molecule has 4 nitrogen and oxygen atoms in total. The van der Waals surface area contributed by atoms with Crippen molar-refractivity contribution in [3.63, 3.8) is 0 Å². The summed E-state index contributed by atoms with van der Waals surface area (Å²) in [6, 6.07) is 15.5. The Balaban J connectivity index is 2.10. The van der Waals surface area contributed by atoms with Crippen molar-refractivity contribution in [1.29, 1.82) is 0 Å². The molecule has 0 spiro atoms. The number of hydrogen-bond donors (Lipinski definition) is 1. The number of nitrogens with one attached hydrogen (secondary N) is 1. The second-order valence-electron chi connectivity index (χ2n) is 6.42. The summed E-state index contributed by atoms with van der Waals surface area (Å²) < 4.78 is 0.984. The summed E-state index contributed by atoms with van der Waals surface area (Å²) in [4.78, 5) is 26.6. The van der Waals surface area contributed by atoms with Crippen LogP contribution in [0.4, 0.5) is 0 Å². The fourth-order valence-electron chi connectivity index (χ4n) is 2.73. The average molecular weight is 417 g/mol. The van der Waals surface area contributed by atoms with Crippen LogP contribution in [0.15, 0.2) is 53.0 Å². The Morgan fingerprint density at radius 3 is 2.19 bits per heavy atom. The van der Waals surface area contributed by atoms with E-state index in [1.54, 1.807) is 18.9 Å². The summed E-state index contributed by atoms with van der Waals surface area (Å²) in [6.45, 7) is 4.22. The molecule has 0 saturated heterocycles. The Morgan fingerprint density at radius 1 is 1.04 bits per heavy atom. The smallest absolute Gasteiger partial charge is 0.242 e. The highest BCUT2D eigenvalue weighted by Gasteiger charge is 2.25. The predicted octanol–water partition coefficient (Wildman–Crippen LogP) is 3.85. The lowest BCUT2D eigenvalue weighted by Gasteiger charge is -2.28. The van der Waals surface area contributed by atoms with Gasteiger partial charge in [0.1, 0.15) is 6.04 Å². The topological polar surface area (TPSA) is 49.4 Å². The minimum Gasteiger partial charge on any atom is -0.357 e. The van der Waals surface area contributed by atoms with Gasteiger partial charge in [-0.25, -0.2) is 0 Å². The first kappa shape index (κ1) is 20.2. The Labute approximate surface area is 163 Å². The van der Waals surface area contributed by atoms with E-state index in [0.29, 0.717) is 19.4 Å². The van der Waals surface area contributed by atoms with E-state index in [1.807, 2.05) is 55.5 Å². The normalized spacial score (nSPS) is 11.7. The summed E-state index contributed by atoms with van der Waals surface area (Å²) in [5.41, 5.74) is 3.32. The van der Waals surface area contributed by atoms with E-state index in [4.69, 9.17) is 0 Å². The van der Waals surface area contributed by atoms with Gasteiger partial charge in [-0.15, -0.1) is 0 Å². The van der Waals surface area contributed by atoms with Crippen LogP contribution < -0.4 is 5.32 Å². The van der Waals surface area contributed by atoms with E-state index in [-0.39, 0.29) is 11.8 Å². The molecule has 2 rings (SSSR count). The molecule has 2 aromatic carbocycles. The highest BCUT2D eigenvalue weighted by molar-refractivity contribution is 9.10. The van der Waals surface area contributed by atoms with Gasteiger partial charge in [-0.2, -0.15) is 0 Å². The number of nitrogens with zero attached hydrogens (tertiary/aromatic N) is 1. The van der Waals surface area contributed by atoms with Gasteiger partial charge in [0.15, 0.2) is 0 Å². The molecule has 0 aliphatic heterocycles. The van der Waals surface area contributed by atoms with Crippen LogP contribution in [0.2, 0.25) is 0 Å². The van der Waals surface area contributed by atoms with E-state index in [2.05, 4.69) is 21.2 Å². The number of amides is 2. The van der Waals surface area contributed by atoms with E-state index in [9.17, 15) is 9.59 Å². The average Bonchev–Trinajstić information content (AvgIpc) is 2.65. The minimum atomic E-state index is -0.519. The fourth-order valence-corrected chi connectivity index (χ4v) is 2.99. The molecule has 0 radical (unpaired) electrons. The maximum Gasteiger partial charge on any atom is 0.242 e. The SMILES string of the molecule is CNC(=O)C(C)N(Cc1ccc(Br)cc1)C(=O)CCc1ccc(C)cc1. The molecule has 0 aromatic heterocycles. The van der Waals surface area contributed by atoms with Gasteiger partial charge >= 0.3 is 0 Å². The first-order chi connectivity index (χ1) is 12.4. The Hall–Kier alpha value is -2.14. The summed E-state index contributed by atoms with van der Waals surface area (Å²) in [6.07, 6.45) is 1.04. The number of carbonyl (C=O) groups excluding carboxylic acids is 2. The van der Waals surface area contributed by atoms with Crippen LogP contribution in [0.3, 0.4) is 0 Å². The molecule has 1 unspecified atom stereocenters. The molecule has 138 valence electrons. The van der Waals surface area contributed by atoms with Crippen molar-refractivity contribution in [2.45, 2.75) is 39.3 Å². The van der Waals surface area contributed by atoms with Crippen molar-refractivity contribution in [1.82, 2.24) is 10.2 Å². The monoisotopic (exact) mass is 416 g/mol. The Kier molecular flexibility index (Phi) is 7.39. The van der Waals surface area contributed by atoms with Crippen molar-refractivity contribution in [2.24, 2.45) is 0 Å². The van der Waals surface area contributed by atoms with Gasteiger partial charge in [0.25, 0.3) is 0 Å². The summed E-state index contributed by atoms with van der Waals surface area (Å²) in [7, 11) is 1.59. The molecule has 0 aliphatic rings. The van der Waals surface area contributed by atoms with Crippen molar-refractivity contribution in [2.75, 3.05) is 7.05 Å². The van der Waals surface area contributed by atoms with Gasteiger partial charge in [-0.05, 0) is 43.5 Å². The van der Waals surface area contributed by atoms with Gasteiger partial charge in [0, 0.05) is 24.5 Å². The molecule has 2 amide bonds. The molecule has 1 atom stereocenters. The fraction of sp³-hybridized carbons (Fsp3) is 0.333. The number of aryl methyl sites for hydroxylation is 2. The molecule has 26 heavy (non-hydrogen) atoms. The highest BCUT2D eigenvalue weighted by Crippen LogP contribution is 2.16. The maximum atomic E-state index is 12.9. The van der Waals surface area contributed by atoms with Crippen LogP contribution in [-0.4, -0.2) is 29.8 Å². The molecule has 0 aliphatic carbocycles. The number of rotatable bonds is 7. The lowest BCUT2D eigenvalue weighted by Crippen LogP contribution is -2.46. The zero-order valence-corrected chi connectivity index (χ0v) is 17.0. The molecular formula is C21H25BrN2O2. The third kappa shape index (κ3) is 5.70. The molecular weight excluding hydrogens is 392 g/mol. The first-order valence-electron chi connectivity index (χ1n) is 8.71. The summed E-state index contributed by atoms with van der Waals surface area (Å²) in [5, 5.41) is 2.63. The van der Waals surface area contributed by atoms with E-state index < -0.39 is 6.04 Å². The second kappa shape index (κ2) is 9.53. The second-order valence-corrected chi connectivity index (χ2v) is 7.34. The Bertz CT molecular complexity index is 742. The quantitative estimate of drug-likeness (QED) is 0.744. The van der Waals surface area contributed by atoms with Crippen LogP contribution in [0.25, 0.3) is 0 Å². The number of likely N-dealkylation sites (N-methyl/N-ethyl adjacent to an activating group) is 1. The molecule has 5 heteroatoms. The van der Waals surface area contributed by atoms with Crippen molar-refractivity contribution < 1.29 is 9.59 Å². The predicted molar refractivity (Wildman–Crippen MR) is 108 cm³/mol. The third-order valence-corrected chi connectivity index (χ3v) is 4.96. The van der Waals surface area contributed by atoms with Crippen LogP contribution in [0.5, 0.6) is 0 Å². The van der Waals surface area contributed by atoms with Gasteiger partial charge < -0.3 is 10.2 Å². The van der Waals surface area contributed by atoms with Crippen molar-refractivity contribution >= 4 is 27.7 Å². The number of hydrogen-bond acceptors (Lipinski definition) is 2. The number of halogens is 1. The van der Waals surface area contributed by atoms with E-state index in [0.717, 1.165) is 15.6 Å². The summed E-state index contributed by atoms with van der Waals surface area (Å²) >= 11 is 3.42. The minimum absolute atomic E-state index is 0.0235. The van der Waals surface area contributed by atoms with Gasteiger partial charge in [-0.1, -0.05) is 57.9 Å². The van der Waals surface area contributed by atoms with E-state index >= 15 is 0 Å². The zero-order chi connectivity index (χ0) is 19.1. The van der Waals surface area contributed by atoms with Crippen LogP contribution in [0, 0.1) is 6.92 Å². The highest BCUT2D eigenvalue weighted by atomic mass is 79.9. The molecule has 0 fully saturated rings. The maximum absolute atomic E-state index is 12.9. The van der Waals surface area contributed by atoms with Gasteiger partial charge in [0.05, 0.1) is 0 Å². The largest absolute Gasteiger partial charge is 0.357 e. The molecule has 0 saturated carbocycles. The molecule has 2 aromatic rings. The van der Waals surface area contributed by atoms with Crippen LogP contribution in [0.1, 0.15) is 30.0 Å². The summed E-state index contributed by atoms with van der Waals surface area (Å²) in [5.74, 6) is -0.185. The molecule has 0 bridgehead atoms. The lowest BCUT2D eigenvalue weighted by molar-refractivity contribution is -0.140. The number of carbonyl (C=O) groups is 2. The lowest BCUT2D eigenvalue weighted by atomic mass is 10.1. The number of benzene rings is 2. The van der Waals surface area contributed by atoms with Gasteiger partial charge in [0.2, 0.25) is 11.8 Å². The third-order valence-electron chi connectivity index (χ3n) is 4.43. The van der Waals surface area contributed by atoms with Crippen molar-refractivity contribution in [3.8, 4) is 0 Å². The standard InChI is InChI=1S/C21H25BrN2O2/c1-15-4-6-17(7-5-15)10-13-20(25)24(16(2)21(26)23-3)14-18-8-11-19(22)12-9-18/h4-9,11-12,16H,10,13-14H2,1-3H3,(H,23,26). The van der Waals surface area contributed by atoms with Gasteiger partial charge in [-0.3, -0.25) is 9.59 Å². The Morgan fingerprint density at radius 2 is 1.62 bits per heavy atom. The van der Waals surface area contributed by atoms with Crippen LogP contribution in [-0.2, 0) is 22.6 Å². The zero-order valence-electron chi connectivity index (χ0n) is 15.5.